The van der Waals surface area contributed by atoms with E-state index in [4.69, 9.17) is 10.1 Å². The highest BCUT2D eigenvalue weighted by molar-refractivity contribution is 5.83. The normalized spacial score (nSPS) is 34.9. The van der Waals surface area contributed by atoms with Crippen LogP contribution in [0.5, 0.6) is 0 Å². The zero-order valence-electron chi connectivity index (χ0n) is 5.98. The van der Waals surface area contributed by atoms with E-state index in [9.17, 15) is 0 Å². The second-order valence-electron chi connectivity index (χ2n) is 2.70. The first-order valence-corrected chi connectivity index (χ1v) is 3.40. The molecule has 0 radical (unpaired) electrons. The fourth-order valence-corrected chi connectivity index (χ4v) is 1.12. The summed E-state index contributed by atoms with van der Waals surface area (Å²) in [6, 6.07) is 0. The molecular formula is C7H13NO. The van der Waals surface area contributed by atoms with Crippen LogP contribution in [0.15, 0.2) is 0 Å². The molecule has 0 aromatic heterocycles. The Hall–Kier alpha value is -0.370. The predicted molar refractivity (Wildman–Crippen MR) is 37.0 cm³/mol. The molecule has 0 amide bonds. The lowest BCUT2D eigenvalue weighted by atomic mass is 10.1. The molecular weight excluding hydrogens is 114 g/mol. The van der Waals surface area contributed by atoms with Crippen LogP contribution >= 0.6 is 0 Å². The Morgan fingerprint density at radius 3 is 2.44 bits per heavy atom. The van der Waals surface area contributed by atoms with Gasteiger partial charge in [-0.05, 0) is 26.7 Å². The van der Waals surface area contributed by atoms with Gasteiger partial charge in [0.05, 0.1) is 12.2 Å². The van der Waals surface area contributed by atoms with Crippen LogP contribution in [0, 0.1) is 5.41 Å². The highest BCUT2D eigenvalue weighted by Gasteiger charge is 2.22. The smallest absolute Gasteiger partial charge is 0.0950 e. The van der Waals surface area contributed by atoms with Crippen molar-refractivity contribution in [1.82, 2.24) is 0 Å². The third kappa shape index (κ3) is 1.52. The molecule has 1 rings (SSSR count). The van der Waals surface area contributed by atoms with Crippen molar-refractivity contribution in [2.75, 3.05) is 0 Å². The van der Waals surface area contributed by atoms with Gasteiger partial charge in [0.2, 0.25) is 0 Å². The average Bonchev–Trinajstić information content (AvgIpc) is 2.14. The minimum atomic E-state index is 0.125. The number of hydrogen-bond donors (Lipinski definition) is 1. The van der Waals surface area contributed by atoms with Gasteiger partial charge in [-0.15, -0.1) is 0 Å². The minimum Gasteiger partial charge on any atom is -0.369 e. The zero-order chi connectivity index (χ0) is 6.85. The van der Waals surface area contributed by atoms with Crippen molar-refractivity contribution in [1.29, 1.82) is 5.41 Å². The van der Waals surface area contributed by atoms with Crippen LogP contribution in [0.1, 0.15) is 26.7 Å². The van der Waals surface area contributed by atoms with E-state index in [2.05, 4.69) is 6.92 Å². The van der Waals surface area contributed by atoms with Gasteiger partial charge in [0.25, 0.3) is 0 Å². The van der Waals surface area contributed by atoms with Gasteiger partial charge in [-0.25, -0.2) is 0 Å². The molecule has 2 nitrogen and oxygen atoms in total. The van der Waals surface area contributed by atoms with Gasteiger partial charge < -0.3 is 10.1 Å². The predicted octanol–water partition coefficient (Wildman–Crippen LogP) is 1.59. The SMILES string of the molecule is CC(=N)C1CCC(C)O1. The first kappa shape index (κ1) is 6.75. The maximum atomic E-state index is 7.26. The molecule has 1 saturated heterocycles. The lowest BCUT2D eigenvalue weighted by molar-refractivity contribution is 0.0929. The van der Waals surface area contributed by atoms with E-state index in [0.717, 1.165) is 12.8 Å². The summed E-state index contributed by atoms with van der Waals surface area (Å²) in [5, 5.41) is 7.26. The quantitative estimate of drug-likeness (QED) is 0.533. The van der Waals surface area contributed by atoms with Crippen molar-refractivity contribution in [2.24, 2.45) is 0 Å². The van der Waals surface area contributed by atoms with E-state index in [1.54, 1.807) is 0 Å². The molecule has 9 heavy (non-hydrogen) atoms. The summed E-state index contributed by atoms with van der Waals surface area (Å²) in [5.74, 6) is 0. The van der Waals surface area contributed by atoms with Crippen molar-refractivity contribution in [3.05, 3.63) is 0 Å². The standard InChI is InChI=1S/C7H13NO/c1-5-3-4-7(9-5)6(2)8/h5,7-8H,3-4H2,1-2H3. The fraction of sp³-hybridized carbons (Fsp3) is 0.857. The molecule has 1 aliphatic rings. The second-order valence-corrected chi connectivity index (χ2v) is 2.70. The van der Waals surface area contributed by atoms with E-state index < -0.39 is 0 Å². The van der Waals surface area contributed by atoms with Crippen molar-refractivity contribution >= 4 is 5.71 Å². The molecule has 2 heteroatoms. The van der Waals surface area contributed by atoms with Gasteiger partial charge in [0.1, 0.15) is 0 Å². The Morgan fingerprint density at radius 2 is 2.22 bits per heavy atom. The molecule has 1 fully saturated rings. The summed E-state index contributed by atoms with van der Waals surface area (Å²) in [7, 11) is 0. The van der Waals surface area contributed by atoms with Gasteiger partial charge in [0, 0.05) is 5.71 Å². The molecule has 0 saturated carbocycles. The highest BCUT2D eigenvalue weighted by atomic mass is 16.5. The van der Waals surface area contributed by atoms with Gasteiger partial charge in [0.15, 0.2) is 0 Å². The summed E-state index contributed by atoms with van der Waals surface area (Å²) < 4.78 is 5.40. The van der Waals surface area contributed by atoms with Gasteiger partial charge >= 0.3 is 0 Å². The van der Waals surface area contributed by atoms with E-state index >= 15 is 0 Å². The van der Waals surface area contributed by atoms with Gasteiger partial charge in [-0.1, -0.05) is 0 Å². The maximum absolute atomic E-state index is 7.26. The zero-order valence-corrected chi connectivity index (χ0v) is 5.98. The fourth-order valence-electron chi connectivity index (χ4n) is 1.12. The third-order valence-corrected chi connectivity index (χ3v) is 1.71. The van der Waals surface area contributed by atoms with Crippen LogP contribution < -0.4 is 0 Å². The summed E-state index contributed by atoms with van der Waals surface area (Å²) in [5.41, 5.74) is 0.666. The molecule has 0 bridgehead atoms. The van der Waals surface area contributed by atoms with Crippen LogP contribution in [0.2, 0.25) is 0 Å². The maximum Gasteiger partial charge on any atom is 0.0950 e. The molecule has 0 spiro atoms. The number of ether oxygens (including phenoxy) is 1. The molecule has 2 unspecified atom stereocenters. The van der Waals surface area contributed by atoms with Crippen LogP contribution in [0.4, 0.5) is 0 Å². The molecule has 1 N–H and O–H groups in total. The number of hydrogen-bond acceptors (Lipinski definition) is 2. The number of rotatable bonds is 1. The third-order valence-electron chi connectivity index (χ3n) is 1.71. The Balaban J connectivity index is 2.39. The van der Waals surface area contributed by atoms with Gasteiger partial charge in [-0.2, -0.15) is 0 Å². The summed E-state index contributed by atoms with van der Waals surface area (Å²) in [4.78, 5) is 0. The Bertz CT molecular complexity index is 122. The first-order valence-electron chi connectivity index (χ1n) is 3.40. The van der Waals surface area contributed by atoms with Crippen molar-refractivity contribution in [3.8, 4) is 0 Å². The summed E-state index contributed by atoms with van der Waals surface area (Å²) >= 11 is 0. The molecule has 2 atom stereocenters. The lowest BCUT2D eigenvalue weighted by Crippen LogP contribution is -2.16. The van der Waals surface area contributed by atoms with E-state index in [1.165, 1.54) is 0 Å². The van der Waals surface area contributed by atoms with Crippen LogP contribution in [-0.4, -0.2) is 17.9 Å². The van der Waals surface area contributed by atoms with Crippen LogP contribution in [0.3, 0.4) is 0 Å². The topological polar surface area (TPSA) is 33.1 Å². The number of nitrogens with one attached hydrogen (secondary N) is 1. The molecule has 0 aromatic carbocycles. The average molecular weight is 127 g/mol. The second kappa shape index (κ2) is 2.48. The Labute approximate surface area is 55.7 Å². The van der Waals surface area contributed by atoms with Crippen molar-refractivity contribution < 1.29 is 4.74 Å². The first-order chi connectivity index (χ1) is 4.20. The summed E-state index contributed by atoms with van der Waals surface area (Å²) in [6.45, 7) is 3.87. The highest BCUT2D eigenvalue weighted by Crippen LogP contribution is 2.19. The van der Waals surface area contributed by atoms with E-state index in [1.807, 2.05) is 6.92 Å². The lowest BCUT2D eigenvalue weighted by Gasteiger charge is -2.07. The van der Waals surface area contributed by atoms with Crippen LogP contribution in [-0.2, 0) is 4.74 Å². The monoisotopic (exact) mass is 127 g/mol. The largest absolute Gasteiger partial charge is 0.369 e. The van der Waals surface area contributed by atoms with Crippen LogP contribution in [0.25, 0.3) is 0 Å². The van der Waals surface area contributed by atoms with Crippen molar-refractivity contribution in [2.45, 2.75) is 38.9 Å². The summed E-state index contributed by atoms with van der Waals surface area (Å²) in [6.07, 6.45) is 2.65. The van der Waals surface area contributed by atoms with E-state index in [0.29, 0.717) is 11.8 Å². The molecule has 52 valence electrons. The van der Waals surface area contributed by atoms with E-state index in [-0.39, 0.29) is 6.10 Å². The van der Waals surface area contributed by atoms with Gasteiger partial charge in [-0.3, -0.25) is 0 Å². The molecule has 0 aromatic rings. The molecule has 1 aliphatic heterocycles. The molecule has 0 aliphatic carbocycles. The Morgan fingerprint density at radius 1 is 1.56 bits per heavy atom. The minimum absolute atomic E-state index is 0.125. The Kier molecular flexibility index (Phi) is 1.86. The molecule has 1 heterocycles. The van der Waals surface area contributed by atoms with Crippen molar-refractivity contribution in [3.63, 3.8) is 0 Å².